The van der Waals surface area contributed by atoms with E-state index in [1.54, 1.807) is 0 Å². The molecule has 0 aromatic carbocycles. The number of rotatable bonds is 9. The summed E-state index contributed by atoms with van der Waals surface area (Å²) in [6.45, 7) is 3.24. The van der Waals surface area contributed by atoms with E-state index in [1.165, 1.54) is 32.1 Å². The topological polar surface area (TPSA) is 52.3 Å². The average molecular weight is 241 g/mol. The highest BCUT2D eigenvalue weighted by atomic mass is 16.5. The van der Waals surface area contributed by atoms with Crippen molar-refractivity contribution in [1.82, 2.24) is 0 Å². The van der Waals surface area contributed by atoms with E-state index < -0.39 is 0 Å². The van der Waals surface area contributed by atoms with Crippen molar-refractivity contribution in [2.45, 2.75) is 64.7 Å². The maximum Gasteiger partial charge on any atom is 0.313 e. The zero-order valence-corrected chi connectivity index (χ0v) is 11.2. The molecule has 100 valence electrons. The molecule has 1 fully saturated rings. The van der Waals surface area contributed by atoms with E-state index in [9.17, 15) is 4.79 Å². The second-order valence-corrected chi connectivity index (χ2v) is 5.24. The maximum atomic E-state index is 11.8. The Kier molecular flexibility index (Phi) is 6.56. The molecule has 3 nitrogen and oxygen atoms in total. The molecule has 0 aromatic rings. The quantitative estimate of drug-likeness (QED) is 0.498. The van der Waals surface area contributed by atoms with Gasteiger partial charge in [0.2, 0.25) is 0 Å². The number of carbonyl (C=O) groups is 1. The molecule has 17 heavy (non-hydrogen) atoms. The molecule has 1 aliphatic carbocycles. The van der Waals surface area contributed by atoms with Crippen molar-refractivity contribution in [1.29, 1.82) is 0 Å². The summed E-state index contributed by atoms with van der Waals surface area (Å²) in [4.78, 5) is 11.8. The SMILES string of the molecule is CCCCCCCCOC(=O)C1(CN)CCC1. The monoisotopic (exact) mass is 241 g/mol. The van der Waals surface area contributed by atoms with Crippen LogP contribution in [0.1, 0.15) is 64.7 Å². The summed E-state index contributed by atoms with van der Waals surface area (Å²) in [6, 6.07) is 0. The summed E-state index contributed by atoms with van der Waals surface area (Å²) in [5.74, 6) is -0.0557. The fourth-order valence-corrected chi connectivity index (χ4v) is 2.30. The molecule has 0 bridgehead atoms. The molecule has 0 heterocycles. The van der Waals surface area contributed by atoms with E-state index in [2.05, 4.69) is 6.92 Å². The van der Waals surface area contributed by atoms with E-state index >= 15 is 0 Å². The van der Waals surface area contributed by atoms with Crippen LogP contribution in [0.3, 0.4) is 0 Å². The molecule has 0 saturated heterocycles. The number of unbranched alkanes of at least 4 members (excludes halogenated alkanes) is 5. The third-order valence-corrected chi connectivity index (χ3v) is 3.87. The van der Waals surface area contributed by atoms with E-state index in [0.717, 1.165) is 25.7 Å². The molecule has 3 heteroatoms. The lowest BCUT2D eigenvalue weighted by atomic mass is 9.69. The van der Waals surface area contributed by atoms with Gasteiger partial charge in [0.05, 0.1) is 12.0 Å². The van der Waals surface area contributed by atoms with E-state index in [4.69, 9.17) is 10.5 Å². The first kappa shape index (κ1) is 14.5. The second-order valence-electron chi connectivity index (χ2n) is 5.24. The number of hydrogen-bond donors (Lipinski definition) is 1. The molecule has 0 amide bonds. The van der Waals surface area contributed by atoms with Crippen molar-refractivity contribution in [3.05, 3.63) is 0 Å². The average Bonchev–Trinajstić information content (AvgIpc) is 2.27. The van der Waals surface area contributed by atoms with Crippen LogP contribution in [0.2, 0.25) is 0 Å². The van der Waals surface area contributed by atoms with Crippen LogP contribution in [0.5, 0.6) is 0 Å². The highest BCUT2D eigenvalue weighted by Gasteiger charge is 2.44. The first-order valence-electron chi connectivity index (χ1n) is 7.12. The minimum atomic E-state index is -0.317. The number of hydrogen-bond acceptors (Lipinski definition) is 3. The number of ether oxygens (including phenoxy) is 1. The van der Waals surface area contributed by atoms with Gasteiger partial charge in [0.1, 0.15) is 0 Å². The predicted octanol–water partition coefficient (Wildman–Crippen LogP) is 3.02. The van der Waals surface area contributed by atoms with Gasteiger partial charge in [-0.25, -0.2) is 0 Å². The van der Waals surface area contributed by atoms with Crippen molar-refractivity contribution in [3.63, 3.8) is 0 Å². The molecule has 0 aromatic heterocycles. The molecule has 0 unspecified atom stereocenters. The predicted molar refractivity (Wildman–Crippen MR) is 69.7 cm³/mol. The van der Waals surface area contributed by atoms with Gasteiger partial charge in [0.25, 0.3) is 0 Å². The Bertz CT molecular complexity index is 219. The van der Waals surface area contributed by atoms with Gasteiger partial charge in [-0.2, -0.15) is 0 Å². The standard InChI is InChI=1S/C14H27NO2/c1-2-3-4-5-6-7-11-17-13(16)14(12-15)9-8-10-14/h2-12,15H2,1H3. The molecule has 1 saturated carbocycles. The van der Waals surface area contributed by atoms with Gasteiger partial charge in [-0.1, -0.05) is 45.4 Å². The van der Waals surface area contributed by atoms with Gasteiger partial charge < -0.3 is 10.5 Å². The van der Waals surface area contributed by atoms with Crippen LogP contribution in [0.15, 0.2) is 0 Å². The molecule has 0 spiro atoms. The Morgan fingerprint density at radius 2 is 1.82 bits per heavy atom. The smallest absolute Gasteiger partial charge is 0.313 e. The van der Waals surface area contributed by atoms with Crippen LogP contribution in [-0.4, -0.2) is 19.1 Å². The third-order valence-electron chi connectivity index (χ3n) is 3.87. The van der Waals surface area contributed by atoms with Crippen LogP contribution in [0.25, 0.3) is 0 Å². The molecule has 0 aliphatic heterocycles. The molecule has 0 atom stereocenters. The third kappa shape index (κ3) is 4.30. The molecular formula is C14H27NO2. The number of carbonyl (C=O) groups excluding carboxylic acids is 1. The Balaban J connectivity index is 2.00. The highest BCUT2D eigenvalue weighted by Crippen LogP contribution is 2.40. The van der Waals surface area contributed by atoms with Crippen molar-refractivity contribution in [2.24, 2.45) is 11.1 Å². The summed E-state index contributed by atoms with van der Waals surface area (Å²) in [7, 11) is 0. The van der Waals surface area contributed by atoms with E-state index in [-0.39, 0.29) is 11.4 Å². The summed E-state index contributed by atoms with van der Waals surface area (Å²) >= 11 is 0. The summed E-state index contributed by atoms with van der Waals surface area (Å²) < 4.78 is 5.33. The van der Waals surface area contributed by atoms with E-state index in [0.29, 0.717) is 13.2 Å². The lowest BCUT2D eigenvalue weighted by Crippen LogP contribution is -2.45. The van der Waals surface area contributed by atoms with Crippen LogP contribution in [0, 0.1) is 5.41 Å². The molecule has 1 aliphatic rings. The van der Waals surface area contributed by atoms with Crippen LogP contribution >= 0.6 is 0 Å². The zero-order chi connectivity index (χ0) is 12.6. The van der Waals surface area contributed by atoms with Gasteiger partial charge in [-0.15, -0.1) is 0 Å². The van der Waals surface area contributed by atoms with Gasteiger partial charge in [0.15, 0.2) is 0 Å². The summed E-state index contributed by atoms with van der Waals surface area (Å²) in [5, 5.41) is 0. The highest BCUT2D eigenvalue weighted by molar-refractivity contribution is 5.78. The minimum absolute atomic E-state index is 0.0557. The molecule has 0 radical (unpaired) electrons. The van der Waals surface area contributed by atoms with Crippen molar-refractivity contribution >= 4 is 5.97 Å². The molecular weight excluding hydrogens is 214 g/mol. The molecule has 1 rings (SSSR count). The van der Waals surface area contributed by atoms with Gasteiger partial charge >= 0.3 is 5.97 Å². The molecule has 2 N–H and O–H groups in total. The van der Waals surface area contributed by atoms with E-state index in [1.807, 2.05) is 0 Å². The Morgan fingerprint density at radius 3 is 2.35 bits per heavy atom. The first-order valence-corrected chi connectivity index (χ1v) is 7.12. The zero-order valence-electron chi connectivity index (χ0n) is 11.2. The largest absolute Gasteiger partial charge is 0.465 e. The Labute approximate surface area is 105 Å². The van der Waals surface area contributed by atoms with Gasteiger partial charge in [-0.05, 0) is 19.3 Å². The fraction of sp³-hybridized carbons (Fsp3) is 0.929. The van der Waals surface area contributed by atoms with Gasteiger partial charge in [-0.3, -0.25) is 4.79 Å². The Hall–Kier alpha value is -0.570. The van der Waals surface area contributed by atoms with Crippen LogP contribution < -0.4 is 5.73 Å². The van der Waals surface area contributed by atoms with Crippen molar-refractivity contribution in [3.8, 4) is 0 Å². The maximum absolute atomic E-state index is 11.8. The number of esters is 1. The first-order chi connectivity index (χ1) is 8.25. The Morgan fingerprint density at radius 1 is 1.18 bits per heavy atom. The minimum Gasteiger partial charge on any atom is -0.465 e. The van der Waals surface area contributed by atoms with Gasteiger partial charge in [0, 0.05) is 6.54 Å². The second kappa shape index (κ2) is 7.70. The summed E-state index contributed by atoms with van der Waals surface area (Å²) in [5.41, 5.74) is 5.34. The van der Waals surface area contributed by atoms with Crippen molar-refractivity contribution in [2.75, 3.05) is 13.2 Å². The van der Waals surface area contributed by atoms with Crippen LogP contribution in [-0.2, 0) is 9.53 Å². The fourth-order valence-electron chi connectivity index (χ4n) is 2.30. The normalized spacial score (nSPS) is 17.5. The van der Waals surface area contributed by atoms with Crippen molar-refractivity contribution < 1.29 is 9.53 Å². The van der Waals surface area contributed by atoms with Crippen LogP contribution in [0.4, 0.5) is 0 Å². The lowest BCUT2D eigenvalue weighted by molar-refractivity contribution is -0.160. The number of nitrogens with two attached hydrogens (primary N) is 1. The summed E-state index contributed by atoms with van der Waals surface area (Å²) in [6.07, 6.45) is 10.3. The lowest BCUT2D eigenvalue weighted by Gasteiger charge is -2.37.